The largest absolute Gasteiger partial charge is 0.495 e. The van der Waals surface area contributed by atoms with Crippen LogP contribution >= 0.6 is 23.2 Å². The third-order valence-corrected chi connectivity index (χ3v) is 9.28. The first-order valence-electron chi connectivity index (χ1n) is 13.7. The average Bonchev–Trinajstić information content (AvgIpc) is 2.96. The fourth-order valence-electron chi connectivity index (χ4n) is 4.47. The van der Waals surface area contributed by atoms with Crippen LogP contribution in [0.1, 0.15) is 43.4 Å². The first kappa shape index (κ1) is 33.2. The minimum atomic E-state index is -4.23. The molecule has 0 heterocycles. The van der Waals surface area contributed by atoms with Gasteiger partial charge in [-0.2, -0.15) is 0 Å². The molecule has 0 unspecified atom stereocenters. The van der Waals surface area contributed by atoms with Gasteiger partial charge in [0.25, 0.3) is 10.0 Å². The predicted molar refractivity (Wildman–Crippen MR) is 168 cm³/mol. The summed E-state index contributed by atoms with van der Waals surface area (Å²) in [7, 11) is -2.80. The Labute approximate surface area is 258 Å². The molecule has 0 radical (unpaired) electrons. The maximum absolute atomic E-state index is 14.2. The standard InChI is InChI=1S/C31H37Cl2N3O5S/c1-6-16-34-31(38)27(7-2)35(19-23-11-14-25(32)26(33)18-23)30(37)20-36(28-17-22(4)10-15-29(28)41-5)42(39,40)24-12-8-21(3)9-13-24/h8-15,17-18,27H,6-7,16,19-20H2,1-5H3,(H,34,38)/t27-/m1/s1. The minimum Gasteiger partial charge on any atom is -0.495 e. The van der Waals surface area contributed by atoms with Crippen molar-refractivity contribution >= 4 is 50.7 Å². The molecular weight excluding hydrogens is 597 g/mol. The van der Waals surface area contributed by atoms with Gasteiger partial charge in [-0.05, 0) is 74.2 Å². The van der Waals surface area contributed by atoms with Crippen LogP contribution in [0.5, 0.6) is 5.75 Å². The van der Waals surface area contributed by atoms with Crippen molar-refractivity contribution in [1.29, 1.82) is 0 Å². The van der Waals surface area contributed by atoms with E-state index in [2.05, 4.69) is 5.32 Å². The highest BCUT2D eigenvalue weighted by Crippen LogP contribution is 2.34. The van der Waals surface area contributed by atoms with Gasteiger partial charge in [0, 0.05) is 13.1 Å². The zero-order chi connectivity index (χ0) is 31.0. The van der Waals surface area contributed by atoms with Crippen molar-refractivity contribution < 1.29 is 22.7 Å². The summed E-state index contributed by atoms with van der Waals surface area (Å²) < 4.78 is 34.8. The average molecular weight is 635 g/mol. The first-order chi connectivity index (χ1) is 19.9. The van der Waals surface area contributed by atoms with E-state index in [1.807, 2.05) is 20.8 Å². The Morgan fingerprint density at radius 1 is 0.929 bits per heavy atom. The van der Waals surface area contributed by atoms with Crippen molar-refractivity contribution in [3.8, 4) is 5.75 Å². The summed E-state index contributed by atoms with van der Waals surface area (Å²) >= 11 is 12.4. The Balaban J connectivity index is 2.13. The van der Waals surface area contributed by atoms with Crippen LogP contribution < -0.4 is 14.4 Å². The number of benzene rings is 3. The number of rotatable bonds is 13. The SMILES string of the molecule is CCCNC(=O)[C@@H](CC)N(Cc1ccc(Cl)c(Cl)c1)C(=O)CN(c1cc(C)ccc1OC)S(=O)(=O)c1ccc(C)cc1. The topological polar surface area (TPSA) is 96.0 Å². The Morgan fingerprint density at radius 3 is 2.19 bits per heavy atom. The number of methoxy groups -OCH3 is 1. The van der Waals surface area contributed by atoms with E-state index < -0.39 is 28.5 Å². The van der Waals surface area contributed by atoms with E-state index in [0.29, 0.717) is 28.6 Å². The van der Waals surface area contributed by atoms with Crippen LogP contribution in [0, 0.1) is 13.8 Å². The third-order valence-electron chi connectivity index (χ3n) is 6.76. The number of nitrogens with one attached hydrogen (secondary N) is 1. The molecule has 0 aliphatic heterocycles. The molecule has 226 valence electrons. The van der Waals surface area contributed by atoms with E-state index >= 15 is 0 Å². The van der Waals surface area contributed by atoms with E-state index in [0.717, 1.165) is 21.9 Å². The van der Waals surface area contributed by atoms with Crippen molar-refractivity contribution in [2.75, 3.05) is 24.5 Å². The van der Waals surface area contributed by atoms with Crippen LogP contribution in [0.3, 0.4) is 0 Å². The van der Waals surface area contributed by atoms with Gasteiger partial charge in [-0.1, -0.05) is 66.9 Å². The maximum atomic E-state index is 14.2. The van der Waals surface area contributed by atoms with Gasteiger partial charge < -0.3 is 15.0 Å². The molecule has 11 heteroatoms. The number of sulfonamides is 1. The Hall–Kier alpha value is -3.27. The number of amides is 2. The summed E-state index contributed by atoms with van der Waals surface area (Å²) in [6.07, 6.45) is 1.03. The Bertz CT molecular complexity index is 1510. The van der Waals surface area contributed by atoms with Crippen LogP contribution in [0.15, 0.2) is 65.6 Å². The van der Waals surface area contributed by atoms with E-state index in [4.69, 9.17) is 27.9 Å². The molecule has 3 aromatic rings. The molecule has 0 spiro atoms. The summed E-state index contributed by atoms with van der Waals surface area (Å²) in [5.74, 6) is -0.611. The fourth-order valence-corrected chi connectivity index (χ4v) is 6.20. The summed E-state index contributed by atoms with van der Waals surface area (Å²) in [5, 5.41) is 3.52. The van der Waals surface area contributed by atoms with Crippen molar-refractivity contribution in [3.63, 3.8) is 0 Å². The van der Waals surface area contributed by atoms with Crippen molar-refractivity contribution in [2.24, 2.45) is 0 Å². The molecule has 0 aliphatic rings. The summed E-state index contributed by atoms with van der Waals surface area (Å²) in [6, 6.07) is 15.6. The zero-order valence-electron chi connectivity index (χ0n) is 24.5. The van der Waals surface area contributed by atoms with Crippen LogP contribution in [-0.2, 0) is 26.2 Å². The number of aryl methyl sites for hydroxylation is 2. The van der Waals surface area contributed by atoms with E-state index in [-0.39, 0.29) is 28.8 Å². The number of carbonyl (C=O) groups is 2. The predicted octanol–water partition coefficient (Wildman–Crippen LogP) is 6.15. The Morgan fingerprint density at radius 2 is 1.60 bits per heavy atom. The molecule has 8 nitrogen and oxygen atoms in total. The normalized spacial score (nSPS) is 12.0. The molecule has 0 bridgehead atoms. The number of halogens is 2. The lowest BCUT2D eigenvalue weighted by Crippen LogP contribution is -2.52. The Kier molecular flexibility index (Phi) is 11.7. The summed E-state index contributed by atoms with van der Waals surface area (Å²) in [6.45, 7) is 7.29. The summed E-state index contributed by atoms with van der Waals surface area (Å²) in [5.41, 5.74) is 2.52. The monoisotopic (exact) mass is 633 g/mol. The van der Waals surface area contributed by atoms with Crippen molar-refractivity contribution in [1.82, 2.24) is 10.2 Å². The number of nitrogens with zero attached hydrogens (tertiary/aromatic N) is 2. The molecule has 42 heavy (non-hydrogen) atoms. The van der Waals surface area contributed by atoms with Gasteiger partial charge in [0.15, 0.2) is 0 Å². The van der Waals surface area contributed by atoms with Crippen molar-refractivity contribution in [3.05, 3.63) is 87.4 Å². The molecule has 0 saturated heterocycles. The lowest BCUT2D eigenvalue weighted by atomic mass is 10.1. The minimum absolute atomic E-state index is 0.0111. The second-order valence-electron chi connectivity index (χ2n) is 9.99. The van der Waals surface area contributed by atoms with Gasteiger partial charge in [0.1, 0.15) is 18.3 Å². The zero-order valence-corrected chi connectivity index (χ0v) is 26.8. The number of hydrogen-bond donors (Lipinski definition) is 1. The number of ether oxygens (including phenoxy) is 1. The lowest BCUT2D eigenvalue weighted by Gasteiger charge is -2.33. The van der Waals surface area contributed by atoms with Gasteiger partial charge in [-0.25, -0.2) is 8.42 Å². The molecule has 0 aromatic heterocycles. The van der Waals surface area contributed by atoms with E-state index in [9.17, 15) is 18.0 Å². The second kappa shape index (κ2) is 14.8. The van der Waals surface area contributed by atoms with Gasteiger partial charge in [-0.3, -0.25) is 13.9 Å². The molecule has 1 atom stereocenters. The molecular formula is C31H37Cl2N3O5S. The van der Waals surface area contributed by atoms with E-state index in [1.165, 1.54) is 24.1 Å². The highest BCUT2D eigenvalue weighted by molar-refractivity contribution is 7.92. The number of hydrogen-bond acceptors (Lipinski definition) is 5. The molecule has 3 aromatic carbocycles. The molecule has 1 N–H and O–H groups in total. The quantitative estimate of drug-likeness (QED) is 0.244. The van der Waals surface area contributed by atoms with Gasteiger partial charge in [0.2, 0.25) is 11.8 Å². The van der Waals surface area contributed by atoms with Gasteiger partial charge in [0.05, 0.1) is 27.7 Å². The highest BCUT2D eigenvalue weighted by atomic mass is 35.5. The number of anilines is 1. The molecule has 0 aliphatic carbocycles. The van der Waals surface area contributed by atoms with Crippen LogP contribution in [0.25, 0.3) is 0 Å². The number of carbonyl (C=O) groups excluding carboxylic acids is 2. The smallest absolute Gasteiger partial charge is 0.264 e. The molecule has 2 amide bonds. The van der Waals surface area contributed by atoms with Crippen LogP contribution in [-0.4, -0.2) is 51.4 Å². The molecule has 0 saturated carbocycles. The maximum Gasteiger partial charge on any atom is 0.264 e. The third kappa shape index (κ3) is 7.96. The van der Waals surface area contributed by atoms with Crippen LogP contribution in [0.4, 0.5) is 5.69 Å². The second-order valence-corrected chi connectivity index (χ2v) is 12.7. The van der Waals surface area contributed by atoms with Gasteiger partial charge >= 0.3 is 0 Å². The molecule has 3 rings (SSSR count). The van der Waals surface area contributed by atoms with E-state index in [1.54, 1.807) is 55.5 Å². The summed E-state index contributed by atoms with van der Waals surface area (Å²) in [4.78, 5) is 28.9. The first-order valence-corrected chi connectivity index (χ1v) is 15.9. The molecule has 0 fully saturated rings. The van der Waals surface area contributed by atoms with Gasteiger partial charge in [-0.15, -0.1) is 0 Å². The van der Waals surface area contributed by atoms with Crippen LogP contribution in [0.2, 0.25) is 10.0 Å². The lowest BCUT2D eigenvalue weighted by molar-refractivity contribution is -0.140. The van der Waals surface area contributed by atoms with Crippen molar-refractivity contribution in [2.45, 2.75) is 58.0 Å². The highest BCUT2D eigenvalue weighted by Gasteiger charge is 2.34. The fraction of sp³-hybridized carbons (Fsp3) is 0.355.